The van der Waals surface area contributed by atoms with E-state index in [0.717, 1.165) is 10.9 Å². The molecule has 2 heterocycles. The Morgan fingerprint density at radius 1 is 1.11 bits per heavy atom. The first-order valence-electron chi connectivity index (χ1n) is 8.56. The lowest BCUT2D eigenvalue weighted by Crippen LogP contribution is -2.14. The number of thiazole rings is 1. The normalized spacial score (nSPS) is 11.1. The lowest BCUT2D eigenvalue weighted by atomic mass is 10.0. The average molecular weight is 395 g/mol. The van der Waals surface area contributed by atoms with Crippen LogP contribution in [0.3, 0.4) is 0 Å². The second-order valence-electron chi connectivity index (χ2n) is 6.17. The average Bonchev–Trinajstić information content (AvgIpc) is 3.21. The van der Waals surface area contributed by atoms with Crippen LogP contribution in [0.2, 0.25) is 0 Å². The summed E-state index contributed by atoms with van der Waals surface area (Å²) in [5.74, 6) is -0.186. The maximum absolute atomic E-state index is 13.0. The molecule has 1 amide bonds. The molecule has 2 aromatic carbocycles. The van der Waals surface area contributed by atoms with Crippen molar-refractivity contribution in [3.8, 4) is 11.3 Å². The van der Waals surface area contributed by atoms with Crippen LogP contribution in [-0.4, -0.2) is 15.9 Å². The number of anilines is 1. The van der Waals surface area contributed by atoms with E-state index in [1.807, 2.05) is 24.3 Å². The molecule has 7 heteroatoms. The molecule has 140 valence electrons. The second-order valence-corrected chi connectivity index (χ2v) is 7.07. The number of hydrogen-bond acceptors (Lipinski definition) is 4. The number of nitrogens with one attached hydrogen (secondary N) is 1. The molecule has 1 N–H and O–H groups in total. The molecule has 0 spiro atoms. The molecule has 0 aliphatic heterocycles. The van der Waals surface area contributed by atoms with E-state index in [-0.39, 0.29) is 17.9 Å². The minimum atomic E-state index is -2.54. The van der Waals surface area contributed by atoms with Gasteiger partial charge in [0.1, 0.15) is 0 Å². The number of aromatic nitrogens is 2. The third kappa shape index (κ3) is 3.89. The van der Waals surface area contributed by atoms with Crippen LogP contribution in [0.5, 0.6) is 0 Å². The summed E-state index contributed by atoms with van der Waals surface area (Å²) in [4.78, 5) is 21.0. The smallest absolute Gasteiger partial charge is 0.263 e. The number of carbonyl (C=O) groups is 1. The van der Waals surface area contributed by atoms with E-state index in [0.29, 0.717) is 21.9 Å². The number of benzene rings is 2. The Kier molecular flexibility index (Phi) is 5.08. The number of nitrogens with zero attached hydrogens (tertiary/aromatic N) is 2. The quantitative estimate of drug-likeness (QED) is 0.487. The van der Waals surface area contributed by atoms with Crippen LogP contribution >= 0.6 is 11.3 Å². The fourth-order valence-corrected chi connectivity index (χ4v) is 3.51. The highest BCUT2D eigenvalue weighted by atomic mass is 32.1. The lowest BCUT2D eigenvalue weighted by molar-refractivity contribution is -0.115. The largest absolute Gasteiger partial charge is 0.302 e. The summed E-state index contributed by atoms with van der Waals surface area (Å²) < 4.78 is 26.0. The van der Waals surface area contributed by atoms with Crippen LogP contribution < -0.4 is 5.32 Å². The number of hydrogen-bond donors (Lipinski definition) is 1. The minimum absolute atomic E-state index is 0.0458. The fourth-order valence-electron chi connectivity index (χ4n) is 2.97. The van der Waals surface area contributed by atoms with Gasteiger partial charge in [-0.15, -0.1) is 11.3 Å². The number of para-hydroxylation sites is 1. The third-order valence-corrected chi connectivity index (χ3v) is 4.96. The summed E-state index contributed by atoms with van der Waals surface area (Å²) in [7, 11) is 0. The molecule has 0 unspecified atom stereocenters. The Bertz CT molecular complexity index is 1130. The highest BCUT2D eigenvalue weighted by Gasteiger charge is 2.12. The Morgan fingerprint density at radius 2 is 1.96 bits per heavy atom. The van der Waals surface area contributed by atoms with E-state index in [2.05, 4.69) is 15.3 Å². The summed E-state index contributed by atoms with van der Waals surface area (Å²) in [6.07, 6.45) is -0.769. The van der Waals surface area contributed by atoms with Crippen molar-refractivity contribution < 1.29 is 13.6 Å². The van der Waals surface area contributed by atoms with Crippen molar-refractivity contribution in [2.75, 3.05) is 5.32 Å². The van der Waals surface area contributed by atoms with Crippen molar-refractivity contribution in [1.29, 1.82) is 0 Å². The molecular weight excluding hydrogens is 380 g/mol. The van der Waals surface area contributed by atoms with Crippen LogP contribution in [0, 0.1) is 0 Å². The van der Waals surface area contributed by atoms with E-state index in [9.17, 15) is 13.6 Å². The van der Waals surface area contributed by atoms with Crippen LogP contribution in [-0.2, 0) is 11.2 Å². The van der Waals surface area contributed by atoms with Crippen LogP contribution in [0.15, 0.2) is 66.2 Å². The van der Waals surface area contributed by atoms with Crippen molar-refractivity contribution in [3.05, 3.63) is 77.3 Å². The maximum atomic E-state index is 13.0. The van der Waals surface area contributed by atoms with Crippen LogP contribution in [0.4, 0.5) is 13.9 Å². The molecule has 0 aliphatic carbocycles. The SMILES string of the molecule is O=C(Cc1cccc2ccc(-c3cccc(C(F)F)c3)nc12)Nc1nccs1. The molecule has 0 saturated heterocycles. The van der Waals surface area contributed by atoms with Crippen molar-refractivity contribution in [2.24, 2.45) is 0 Å². The van der Waals surface area contributed by atoms with E-state index in [4.69, 9.17) is 0 Å². The van der Waals surface area contributed by atoms with E-state index < -0.39 is 6.43 Å². The molecule has 4 nitrogen and oxygen atoms in total. The van der Waals surface area contributed by atoms with Gasteiger partial charge in [0, 0.05) is 28.1 Å². The molecule has 0 aliphatic rings. The first-order valence-corrected chi connectivity index (χ1v) is 9.44. The zero-order valence-electron chi connectivity index (χ0n) is 14.6. The molecule has 0 bridgehead atoms. The Hall–Kier alpha value is -3.19. The molecular formula is C21H15F2N3OS. The Labute approximate surface area is 163 Å². The van der Waals surface area contributed by atoms with Gasteiger partial charge >= 0.3 is 0 Å². The molecule has 0 radical (unpaired) electrons. The molecule has 4 rings (SSSR count). The maximum Gasteiger partial charge on any atom is 0.263 e. The van der Waals surface area contributed by atoms with E-state index in [1.54, 1.807) is 29.8 Å². The first kappa shape index (κ1) is 18.2. The highest BCUT2D eigenvalue weighted by Crippen LogP contribution is 2.27. The van der Waals surface area contributed by atoms with Crippen molar-refractivity contribution in [1.82, 2.24) is 9.97 Å². The van der Waals surface area contributed by atoms with Gasteiger partial charge in [-0.3, -0.25) is 4.79 Å². The molecule has 28 heavy (non-hydrogen) atoms. The van der Waals surface area contributed by atoms with Gasteiger partial charge in [0.2, 0.25) is 5.91 Å². The number of alkyl halides is 2. The van der Waals surface area contributed by atoms with E-state index in [1.165, 1.54) is 23.5 Å². The summed E-state index contributed by atoms with van der Waals surface area (Å²) in [5, 5.41) is 5.97. The molecule has 0 fully saturated rings. The number of amides is 1. The zero-order valence-corrected chi connectivity index (χ0v) is 15.4. The number of rotatable bonds is 5. The van der Waals surface area contributed by atoms with Crippen molar-refractivity contribution >= 4 is 33.3 Å². The summed E-state index contributed by atoms with van der Waals surface area (Å²) in [6.45, 7) is 0. The Balaban J connectivity index is 1.67. The highest BCUT2D eigenvalue weighted by molar-refractivity contribution is 7.13. The van der Waals surface area contributed by atoms with Gasteiger partial charge in [0.05, 0.1) is 17.6 Å². The van der Waals surface area contributed by atoms with Gasteiger partial charge in [-0.1, -0.05) is 42.5 Å². The summed E-state index contributed by atoms with van der Waals surface area (Å²) in [5.41, 5.74) is 2.59. The van der Waals surface area contributed by atoms with Gasteiger partial charge in [0.25, 0.3) is 6.43 Å². The van der Waals surface area contributed by atoms with Gasteiger partial charge in [-0.2, -0.15) is 0 Å². The lowest BCUT2D eigenvalue weighted by Gasteiger charge is -2.09. The standard InChI is InChI=1S/C21H15F2N3OS/c22-20(23)16-6-2-4-14(11-16)17-8-7-13-3-1-5-15(19(13)25-17)12-18(27)26-21-24-9-10-28-21/h1-11,20H,12H2,(H,24,26,27). The molecule has 2 aromatic heterocycles. The number of carbonyl (C=O) groups excluding carboxylic acids is 1. The number of fused-ring (bicyclic) bond motifs is 1. The van der Waals surface area contributed by atoms with Crippen LogP contribution in [0.25, 0.3) is 22.2 Å². The molecule has 0 atom stereocenters. The minimum Gasteiger partial charge on any atom is -0.302 e. The second kappa shape index (κ2) is 7.82. The molecule has 0 saturated carbocycles. The topological polar surface area (TPSA) is 54.9 Å². The van der Waals surface area contributed by atoms with Crippen LogP contribution in [0.1, 0.15) is 17.6 Å². The predicted octanol–water partition coefficient (Wildman–Crippen LogP) is 5.48. The van der Waals surface area contributed by atoms with Crippen molar-refractivity contribution in [2.45, 2.75) is 12.8 Å². The number of halogens is 2. The van der Waals surface area contributed by atoms with Crippen molar-refractivity contribution in [3.63, 3.8) is 0 Å². The van der Waals surface area contributed by atoms with Gasteiger partial charge in [-0.05, 0) is 17.7 Å². The number of pyridine rings is 1. The third-order valence-electron chi connectivity index (χ3n) is 4.27. The van der Waals surface area contributed by atoms with E-state index >= 15 is 0 Å². The summed E-state index contributed by atoms with van der Waals surface area (Å²) >= 11 is 1.35. The Morgan fingerprint density at radius 3 is 2.75 bits per heavy atom. The zero-order chi connectivity index (χ0) is 19.5. The monoisotopic (exact) mass is 395 g/mol. The summed E-state index contributed by atoms with van der Waals surface area (Å²) in [6, 6.07) is 15.5. The first-order chi connectivity index (χ1) is 13.6. The molecule has 4 aromatic rings. The van der Waals surface area contributed by atoms with Gasteiger partial charge in [-0.25, -0.2) is 18.7 Å². The van der Waals surface area contributed by atoms with Gasteiger partial charge in [0.15, 0.2) is 5.13 Å². The fraction of sp³-hybridized carbons (Fsp3) is 0.0952. The predicted molar refractivity (Wildman–Crippen MR) is 107 cm³/mol. The van der Waals surface area contributed by atoms with Gasteiger partial charge < -0.3 is 5.32 Å².